The molecule has 0 radical (unpaired) electrons. The van der Waals surface area contributed by atoms with Gasteiger partial charge >= 0.3 is 5.69 Å². The van der Waals surface area contributed by atoms with Gasteiger partial charge in [0.25, 0.3) is 0 Å². The molecule has 1 aromatic heterocycles. The molecule has 3 rings (SSSR count). The molecule has 0 saturated carbocycles. The highest BCUT2D eigenvalue weighted by Crippen LogP contribution is 2.30. The summed E-state index contributed by atoms with van der Waals surface area (Å²) in [6.07, 6.45) is 1.65. The van der Waals surface area contributed by atoms with E-state index in [0.29, 0.717) is 28.0 Å². The summed E-state index contributed by atoms with van der Waals surface area (Å²) in [7, 11) is 1.51. The molecule has 0 atom stereocenters. The first-order valence-electron chi connectivity index (χ1n) is 9.26. The number of methoxy groups -OCH3 is 1. The lowest BCUT2D eigenvalue weighted by Gasteiger charge is -2.19. The molecule has 0 aliphatic heterocycles. The van der Waals surface area contributed by atoms with E-state index in [2.05, 4.69) is 4.98 Å². The summed E-state index contributed by atoms with van der Waals surface area (Å²) in [5, 5.41) is 10.4. The summed E-state index contributed by atoms with van der Waals surface area (Å²) in [5.74, 6) is 1.21. The maximum Gasteiger partial charge on any atom is 0.353 e. The van der Waals surface area contributed by atoms with Crippen molar-refractivity contribution in [2.24, 2.45) is 0 Å². The van der Waals surface area contributed by atoms with Crippen LogP contribution in [-0.4, -0.2) is 34.0 Å². The van der Waals surface area contributed by atoms with E-state index >= 15 is 0 Å². The smallest absolute Gasteiger partial charge is 0.353 e. The molecular formula is C22H23FN2O4S. The maximum absolute atomic E-state index is 13.0. The first-order chi connectivity index (χ1) is 14.2. The summed E-state index contributed by atoms with van der Waals surface area (Å²) in [6, 6.07) is 13.1. The summed E-state index contributed by atoms with van der Waals surface area (Å²) < 4.78 is 25.4. The second-order valence-electron chi connectivity index (χ2n) is 7.27. The molecule has 0 amide bonds. The Bertz CT molecular complexity index is 1060. The number of aromatic nitrogens is 2. The zero-order valence-corrected chi connectivity index (χ0v) is 17.8. The van der Waals surface area contributed by atoms with Crippen LogP contribution < -0.4 is 15.2 Å². The Labute approximate surface area is 178 Å². The van der Waals surface area contributed by atoms with Crippen LogP contribution in [0.25, 0.3) is 5.69 Å². The first-order valence-corrected chi connectivity index (χ1v) is 10.2. The Hall–Kier alpha value is -2.84. The lowest BCUT2D eigenvalue weighted by Crippen LogP contribution is -2.28. The van der Waals surface area contributed by atoms with Crippen LogP contribution in [0.15, 0.2) is 64.5 Å². The van der Waals surface area contributed by atoms with E-state index in [1.807, 2.05) is 0 Å². The maximum atomic E-state index is 13.0. The quantitative estimate of drug-likeness (QED) is 0.433. The van der Waals surface area contributed by atoms with E-state index in [-0.39, 0.29) is 12.4 Å². The molecule has 6 nitrogen and oxygen atoms in total. The van der Waals surface area contributed by atoms with Crippen molar-refractivity contribution in [3.63, 3.8) is 0 Å². The lowest BCUT2D eigenvalue weighted by molar-refractivity contribution is 0.0276. The largest absolute Gasteiger partial charge is 0.493 e. The summed E-state index contributed by atoms with van der Waals surface area (Å²) in [6.45, 7) is 3.40. The highest BCUT2D eigenvalue weighted by Gasteiger charge is 2.16. The topological polar surface area (TPSA) is 73.6 Å². The van der Waals surface area contributed by atoms with Crippen molar-refractivity contribution in [1.82, 2.24) is 9.55 Å². The molecule has 1 N–H and O–H groups in total. The van der Waals surface area contributed by atoms with Gasteiger partial charge in [-0.15, -0.1) is 11.8 Å². The van der Waals surface area contributed by atoms with Crippen LogP contribution in [0.3, 0.4) is 0 Å². The first kappa shape index (κ1) is 21.9. The Kier molecular flexibility index (Phi) is 6.79. The van der Waals surface area contributed by atoms with Gasteiger partial charge in [0.2, 0.25) is 0 Å². The Morgan fingerprint density at radius 3 is 2.50 bits per heavy atom. The standard InChI is InChI=1S/C22H23FN2O4S/c1-22(2,27)14-29-18-9-8-17(12-19(18)28-3)25-11-10-20(24-21(25)26)30-13-15-4-6-16(23)7-5-15/h4-12,27H,13-14H2,1-3H3. The molecule has 158 valence electrons. The molecular weight excluding hydrogens is 407 g/mol. The van der Waals surface area contributed by atoms with Crippen molar-refractivity contribution in [2.45, 2.75) is 30.2 Å². The van der Waals surface area contributed by atoms with Crippen molar-refractivity contribution >= 4 is 11.8 Å². The van der Waals surface area contributed by atoms with E-state index in [1.54, 1.807) is 56.4 Å². The molecule has 1 heterocycles. The minimum atomic E-state index is -0.980. The van der Waals surface area contributed by atoms with Gasteiger partial charge in [0.05, 0.1) is 18.4 Å². The molecule has 0 bridgehead atoms. The van der Waals surface area contributed by atoms with Gasteiger partial charge in [0.15, 0.2) is 11.5 Å². The van der Waals surface area contributed by atoms with Crippen LogP contribution in [0.1, 0.15) is 19.4 Å². The minimum absolute atomic E-state index is 0.101. The SMILES string of the molecule is COc1cc(-n2ccc(SCc3ccc(F)cc3)nc2=O)ccc1OCC(C)(C)O. The number of halogens is 1. The van der Waals surface area contributed by atoms with Gasteiger partial charge in [-0.05, 0) is 49.7 Å². The number of hydrogen-bond donors (Lipinski definition) is 1. The van der Waals surface area contributed by atoms with E-state index in [9.17, 15) is 14.3 Å². The van der Waals surface area contributed by atoms with Crippen molar-refractivity contribution < 1.29 is 19.0 Å². The van der Waals surface area contributed by atoms with Crippen molar-refractivity contribution in [3.8, 4) is 17.2 Å². The predicted octanol–water partition coefficient (Wildman–Crippen LogP) is 3.82. The molecule has 30 heavy (non-hydrogen) atoms. The van der Waals surface area contributed by atoms with Crippen LogP contribution in [0.4, 0.5) is 4.39 Å². The van der Waals surface area contributed by atoms with Crippen molar-refractivity contribution in [2.75, 3.05) is 13.7 Å². The van der Waals surface area contributed by atoms with E-state index in [4.69, 9.17) is 9.47 Å². The molecule has 0 spiro atoms. The van der Waals surface area contributed by atoms with Gasteiger partial charge in [0.1, 0.15) is 17.5 Å². The minimum Gasteiger partial charge on any atom is -0.493 e. The Morgan fingerprint density at radius 1 is 1.13 bits per heavy atom. The summed E-state index contributed by atoms with van der Waals surface area (Å²) >= 11 is 1.40. The Morgan fingerprint density at radius 2 is 1.87 bits per heavy atom. The zero-order chi connectivity index (χ0) is 21.7. The second-order valence-corrected chi connectivity index (χ2v) is 8.27. The number of ether oxygens (including phenoxy) is 2. The van der Waals surface area contributed by atoms with Crippen molar-refractivity contribution in [3.05, 3.63) is 76.6 Å². The zero-order valence-electron chi connectivity index (χ0n) is 17.0. The summed E-state index contributed by atoms with van der Waals surface area (Å²) in [5.41, 5.74) is 0.117. The monoisotopic (exact) mass is 430 g/mol. The molecule has 0 unspecified atom stereocenters. The highest BCUT2D eigenvalue weighted by atomic mass is 32.2. The van der Waals surface area contributed by atoms with Gasteiger partial charge in [-0.2, -0.15) is 4.98 Å². The third-order valence-electron chi connectivity index (χ3n) is 4.08. The van der Waals surface area contributed by atoms with Gasteiger partial charge < -0.3 is 14.6 Å². The predicted molar refractivity (Wildman–Crippen MR) is 114 cm³/mol. The average Bonchev–Trinajstić information content (AvgIpc) is 2.71. The number of nitrogens with zero attached hydrogens (tertiary/aromatic N) is 2. The molecule has 8 heteroatoms. The van der Waals surface area contributed by atoms with Gasteiger partial charge in [0, 0.05) is 18.0 Å². The van der Waals surface area contributed by atoms with Crippen LogP contribution in [0, 0.1) is 5.82 Å². The molecule has 0 aliphatic rings. The van der Waals surface area contributed by atoms with Crippen molar-refractivity contribution in [1.29, 1.82) is 0 Å². The van der Waals surface area contributed by atoms with Gasteiger partial charge in [-0.1, -0.05) is 12.1 Å². The molecule has 2 aromatic carbocycles. The van der Waals surface area contributed by atoms with E-state index in [1.165, 1.54) is 35.6 Å². The normalized spacial score (nSPS) is 11.4. The van der Waals surface area contributed by atoms with E-state index in [0.717, 1.165) is 5.56 Å². The van der Waals surface area contributed by atoms with Crippen LogP contribution in [-0.2, 0) is 5.75 Å². The second kappa shape index (κ2) is 9.32. The number of aliphatic hydroxyl groups is 1. The average molecular weight is 431 g/mol. The van der Waals surface area contributed by atoms with Gasteiger partial charge in [-0.25, -0.2) is 9.18 Å². The molecule has 0 aliphatic carbocycles. The third-order valence-corrected chi connectivity index (χ3v) is 5.09. The fourth-order valence-corrected chi connectivity index (χ4v) is 3.39. The molecule has 0 saturated heterocycles. The Balaban J connectivity index is 1.75. The molecule has 3 aromatic rings. The summed E-state index contributed by atoms with van der Waals surface area (Å²) in [4.78, 5) is 16.6. The number of hydrogen-bond acceptors (Lipinski definition) is 6. The van der Waals surface area contributed by atoms with Crippen LogP contribution >= 0.6 is 11.8 Å². The lowest BCUT2D eigenvalue weighted by atomic mass is 10.2. The number of thioether (sulfide) groups is 1. The third kappa shape index (κ3) is 5.84. The molecule has 0 fully saturated rings. The number of benzene rings is 2. The number of rotatable bonds is 8. The highest BCUT2D eigenvalue weighted by molar-refractivity contribution is 7.98. The van der Waals surface area contributed by atoms with Crippen LogP contribution in [0.5, 0.6) is 11.5 Å². The fourth-order valence-electron chi connectivity index (χ4n) is 2.58. The fraction of sp³-hybridized carbons (Fsp3) is 0.273. The van der Waals surface area contributed by atoms with E-state index < -0.39 is 11.3 Å². The van der Waals surface area contributed by atoms with Crippen LogP contribution in [0.2, 0.25) is 0 Å². The van der Waals surface area contributed by atoms with Gasteiger partial charge in [-0.3, -0.25) is 4.57 Å².